The van der Waals surface area contributed by atoms with Crippen molar-refractivity contribution in [1.82, 2.24) is 14.8 Å². The van der Waals surface area contributed by atoms with Gasteiger partial charge in [-0.05, 0) is 48.2 Å². The number of hydrogen-bond acceptors (Lipinski definition) is 3. The molecule has 0 saturated carbocycles. The normalized spacial score (nSPS) is 14.8. The third-order valence-corrected chi connectivity index (χ3v) is 4.50. The summed E-state index contributed by atoms with van der Waals surface area (Å²) in [7, 11) is 0. The molecule has 2 aromatic rings. The SMILES string of the molecule is CC(C)(C)C(O)(CCc1ccc(F)cc1)Cn1[nH]cnc1=S. The molecule has 1 atom stereocenters. The third kappa shape index (κ3) is 3.81. The van der Waals surface area contributed by atoms with Gasteiger partial charge in [0.15, 0.2) is 0 Å². The molecular formula is C16H22FN3OS. The van der Waals surface area contributed by atoms with E-state index in [1.54, 1.807) is 16.8 Å². The van der Waals surface area contributed by atoms with Crippen molar-refractivity contribution < 1.29 is 9.50 Å². The second-order valence-corrected chi connectivity index (χ2v) is 7.03. The Morgan fingerprint density at radius 3 is 2.41 bits per heavy atom. The highest BCUT2D eigenvalue weighted by Crippen LogP contribution is 2.35. The van der Waals surface area contributed by atoms with Crippen molar-refractivity contribution in [3.05, 3.63) is 46.7 Å². The van der Waals surface area contributed by atoms with Crippen molar-refractivity contribution >= 4 is 12.2 Å². The molecule has 0 radical (unpaired) electrons. The first-order valence-electron chi connectivity index (χ1n) is 7.28. The second-order valence-electron chi connectivity index (χ2n) is 6.66. The number of benzene rings is 1. The Hall–Kier alpha value is -1.53. The standard InChI is InChI=1S/C16H22FN3OS/c1-15(2,3)16(21,10-20-14(22)18-11-19-20)9-8-12-4-6-13(17)7-5-12/h4-7,11,21H,8-10H2,1-3H3,(H,18,19,22). The molecule has 22 heavy (non-hydrogen) atoms. The summed E-state index contributed by atoms with van der Waals surface area (Å²) in [4.78, 5) is 3.98. The Bertz CT molecular complexity index is 672. The fourth-order valence-corrected chi connectivity index (χ4v) is 2.52. The van der Waals surface area contributed by atoms with Crippen LogP contribution in [0, 0.1) is 16.0 Å². The van der Waals surface area contributed by atoms with Crippen LogP contribution >= 0.6 is 12.2 Å². The van der Waals surface area contributed by atoms with Crippen molar-refractivity contribution in [3.63, 3.8) is 0 Å². The number of H-pyrrole nitrogens is 1. The molecule has 0 spiro atoms. The highest BCUT2D eigenvalue weighted by Gasteiger charge is 2.40. The lowest BCUT2D eigenvalue weighted by atomic mass is 9.73. The van der Waals surface area contributed by atoms with Gasteiger partial charge in [0.25, 0.3) is 0 Å². The fraction of sp³-hybridized carbons (Fsp3) is 0.500. The van der Waals surface area contributed by atoms with E-state index in [9.17, 15) is 9.50 Å². The molecule has 0 amide bonds. The first-order valence-corrected chi connectivity index (χ1v) is 7.69. The summed E-state index contributed by atoms with van der Waals surface area (Å²) in [6.45, 7) is 6.34. The zero-order valence-corrected chi connectivity index (χ0v) is 14.0. The monoisotopic (exact) mass is 323 g/mol. The fourth-order valence-electron chi connectivity index (χ4n) is 2.35. The van der Waals surface area contributed by atoms with Crippen molar-refractivity contribution in [2.45, 2.75) is 45.8 Å². The number of nitrogens with one attached hydrogen (secondary N) is 1. The lowest BCUT2D eigenvalue weighted by Crippen LogP contribution is -2.47. The van der Waals surface area contributed by atoms with Crippen molar-refractivity contribution in [2.75, 3.05) is 0 Å². The zero-order chi connectivity index (χ0) is 16.4. The minimum atomic E-state index is -0.966. The number of hydrogen-bond donors (Lipinski definition) is 2. The van der Waals surface area contributed by atoms with Crippen molar-refractivity contribution in [1.29, 1.82) is 0 Å². The Morgan fingerprint density at radius 2 is 1.91 bits per heavy atom. The van der Waals surface area contributed by atoms with Crippen LogP contribution in [-0.4, -0.2) is 25.5 Å². The van der Waals surface area contributed by atoms with Crippen LogP contribution in [0.5, 0.6) is 0 Å². The number of aryl methyl sites for hydroxylation is 1. The van der Waals surface area contributed by atoms with Gasteiger partial charge in [-0.1, -0.05) is 32.9 Å². The molecule has 4 nitrogen and oxygen atoms in total. The Kier molecular flexibility index (Phi) is 4.82. The number of rotatable bonds is 5. The first kappa shape index (κ1) is 16.8. The lowest BCUT2D eigenvalue weighted by Gasteiger charge is -2.40. The summed E-state index contributed by atoms with van der Waals surface area (Å²) in [6.07, 6.45) is 2.73. The van der Waals surface area contributed by atoms with E-state index in [0.717, 1.165) is 5.56 Å². The van der Waals surface area contributed by atoms with Crippen LogP contribution in [0.25, 0.3) is 0 Å². The summed E-state index contributed by atoms with van der Waals surface area (Å²) in [5.74, 6) is -0.251. The molecule has 1 heterocycles. The quantitative estimate of drug-likeness (QED) is 0.828. The molecule has 0 saturated heterocycles. The van der Waals surface area contributed by atoms with E-state index >= 15 is 0 Å². The molecule has 2 N–H and O–H groups in total. The molecule has 0 aliphatic heterocycles. The van der Waals surface area contributed by atoms with Crippen molar-refractivity contribution in [2.24, 2.45) is 5.41 Å². The molecule has 120 valence electrons. The van der Waals surface area contributed by atoms with Crippen LogP contribution in [0.15, 0.2) is 30.6 Å². The van der Waals surface area contributed by atoms with Gasteiger partial charge in [0.1, 0.15) is 12.1 Å². The third-order valence-electron chi connectivity index (χ3n) is 4.18. The van der Waals surface area contributed by atoms with Crippen LogP contribution in [0.4, 0.5) is 4.39 Å². The zero-order valence-electron chi connectivity index (χ0n) is 13.1. The van der Waals surface area contributed by atoms with E-state index in [2.05, 4.69) is 10.1 Å². The largest absolute Gasteiger partial charge is 0.387 e. The molecule has 1 aromatic heterocycles. The molecule has 1 aromatic carbocycles. The maximum Gasteiger partial charge on any atom is 0.215 e. The van der Waals surface area contributed by atoms with Crippen LogP contribution in [0.2, 0.25) is 0 Å². The maximum atomic E-state index is 13.0. The molecule has 0 aliphatic rings. The van der Waals surface area contributed by atoms with Gasteiger partial charge in [0, 0.05) is 0 Å². The summed E-state index contributed by atoms with van der Waals surface area (Å²) in [6, 6.07) is 6.38. The topological polar surface area (TPSA) is 53.8 Å². The van der Waals surface area contributed by atoms with E-state index in [1.807, 2.05) is 20.8 Å². The number of nitrogens with zero attached hydrogens (tertiary/aromatic N) is 2. The molecule has 0 aliphatic carbocycles. The molecule has 6 heteroatoms. The van der Waals surface area contributed by atoms with Gasteiger partial charge in [0.2, 0.25) is 4.77 Å². The van der Waals surface area contributed by atoms with Gasteiger partial charge in [0.05, 0.1) is 12.1 Å². The van der Waals surface area contributed by atoms with Gasteiger partial charge in [-0.2, -0.15) is 0 Å². The van der Waals surface area contributed by atoms with E-state index in [1.165, 1.54) is 18.5 Å². The number of aromatic nitrogens is 3. The van der Waals surface area contributed by atoms with E-state index < -0.39 is 5.60 Å². The van der Waals surface area contributed by atoms with Gasteiger partial charge < -0.3 is 5.11 Å². The van der Waals surface area contributed by atoms with Gasteiger partial charge >= 0.3 is 0 Å². The number of halogens is 1. The first-order chi connectivity index (χ1) is 10.2. The average Bonchev–Trinajstić information content (AvgIpc) is 2.82. The Morgan fingerprint density at radius 1 is 1.27 bits per heavy atom. The smallest absolute Gasteiger partial charge is 0.215 e. The van der Waals surface area contributed by atoms with Crippen LogP contribution in [0.3, 0.4) is 0 Å². The van der Waals surface area contributed by atoms with Gasteiger partial charge in [-0.3, -0.25) is 9.78 Å². The van der Waals surface area contributed by atoms with E-state index in [-0.39, 0.29) is 11.2 Å². The van der Waals surface area contributed by atoms with Crippen LogP contribution in [-0.2, 0) is 13.0 Å². The van der Waals surface area contributed by atoms with Crippen molar-refractivity contribution in [3.8, 4) is 0 Å². The minimum Gasteiger partial charge on any atom is -0.387 e. The minimum absolute atomic E-state index is 0.251. The average molecular weight is 323 g/mol. The van der Waals surface area contributed by atoms with E-state index in [0.29, 0.717) is 24.2 Å². The Labute approximate surface area is 135 Å². The molecule has 0 bridgehead atoms. The predicted octanol–water partition coefficient (Wildman–Crippen LogP) is 3.49. The summed E-state index contributed by atoms with van der Waals surface area (Å²) >= 11 is 5.14. The second kappa shape index (κ2) is 6.30. The summed E-state index contributed by atoms with van der Waals surface area (Å²) < 4.78 is 15.1. The highest BCUT2D eigenvalue weighted by molar-refractivity contribution is 7.71. The van der Waals surface area contributed by atoms with Crippen LogP contribution in [0.1, 0.15) is 32.8 Å². The summed E-state index contributed by atoms with van der Waals surface area (Å²) in [5, 5.41) is 14.1. The van der Waals surface area contributed by atoms with E-state index in [4.69, 9.17) is 12.2 Å². The lowest BCUT2D eigenvalue weighted by molar-refractivity contribution is -0.0798. The number of aliphatic hydroxyl groups is 1. The van der Waals surface area contributed by atoms with Gasteiger partial charge in [-0.25, -0.2) is 9.37 Å². The predicted molar refractivity (Wildman–Crippen MR) is 86.5 cm³/mol. The highest BCUT2D eigenvalue weighted by atomic mass is 32.1. The number of aromatic amines is 1. The summed E-state index contributed by atoms with van der Waals surface area (Å²) in [5.41, 5.74) is -0.309. The molecule has 1 unspecified atom stereocenters. The molecular weight excluding hydrogens is 301 g/mol. The maximum absolute atomic E-state index is 13.0. The molecule has 2 rings (SSSR count). The molecule has 0 fully saturated rings. The van der Waals surface area contributed by atoms with Crippen LogP contribution < -0.4 is 0 Å². The van der Waals surface area contributed by atoms with Gasteiger partial charge in [-0.15, -0.1) is 0 Å². The Balaban J connectivity index is 2.17.